The quantitative estimate of drug-likeness (QED) is 0.858. The zero-order chi connectivity index (χ0) is 15.0. The summed E-state index contributed by atoms with van der Waals surface area (Å²) >= 11 is 7.55. The number of hydrogen-bond donors (Lipinski definition) is 1. The van der Waals surface area contributed by atoms with Gasteiger partial charge >= 0.3 is 0 Å². The standard InChI is InChI=1S/C14H16ClN3O2S/c1-17(8-11(19)9-2-3-9)12(20)5-4-10-13(15)16-14-18(10)6-7-21-14/h4-7,9,11,19H,2-3,8H2,1H3/b5-4+. The van der Waals surface area contributed by atoms with Crippen LogP contribution in [0.15, 0.2) is 17.7 Å². The SMILES string of the molecule is CN(CC(O)C1CC1)C(=O)/C=C/c1c(Cl)nc2sccn12. The first-order valence-electron chi connectivity index (χ1n) is 6.78. The van der Waals surface area contributed by atoms with E-state index in [1.807, 2.05) is 16.0 Å². The van der Waals surface area contributed by atoms with E-state index in [1.54, 1.807) is 13.1 Å². The van der Waals surface area contributed by atoms with Gasteiger partial charge in [0.05, 0.1) is 11.8 Å². The molecule has 112 valence electrons. The number of aliphatic hydroxyl groups excluding tert-OH is 1. The summed E-state index contributed by atoms with van der Waals surface area (Å²) in [4.78, 5) is 18.6. The summed E-state index contributed by atoms with van der Waals surface area (Å²) in [5.41, 5.74) is 0.692. The van der Waals surface area contributed by atoms with E-state index in [1.165, 1.54) is 22.3 Å². The average molecular weight is 326 g/mol. The summed E-state index contributed by atoms with van der Waals surface area (Å²) in [5.74, 6) is 0.204. The van der Waals surface area contributed by atoms with Crippen molar-refractivity contribution in [3.05, 3.63) is 28.5 Å². The van der Waals surface area contributed by atoms with Crippen LogP contribution < -0.4 is 0 Å². The molecule has 2 heterocycles. The minimum absolute atomic E-state index is 0.157. The van der Waals surface area contributed by atoms with Gasteiger partial charge in [-0.15, -0.1) is 11.3 Å². The van der Waals surface area contributed by atoms with E-state index in [0.29, 0.717) is 23.3 Å². The van der Waals surface area contributed by atoms with Gasteiger partial charge in [0.2, 0.25) is 5.91 Å². The van der Waals surface area contributed by atoms with Crippen LogP contribution in [0.1, 0.15) is 18.5 Å². The maximum atomic E-state index is 12.1. The fourth-order valence-electron chi connectivity index (χ4n) is 2.20. The van der Waals surface area contributed by atoms with E-state index < -0.39 is 6.10 Å². The Morgan fingerprint density at radius 3 is 3.19 bits per heavy atom. The molecule has 0 spiro atoms. The Labute approximate surface area is 131 Å². The number of hydrogen-bond acceptors (Lipinski definition) is 4. The number of rotatable bonds is 5. The van der Waals surface area contributed by atoms with Crippen LogP contribution in [0.25, 0.3) is 11.0 Å². The predicted molar refractivity (Wildman–Crippen MR) is 83.5 cm³/mol. The van der Waals surface area contributed by atoms with Gasteiger partial charge < -0.3 is 10.0 Å². The van der Waals surface area contributed by atoms with Crippen LogP contribution >= 0.6 is 22.9 Å². The number of carbonyl (C=O) groups excluding carboxylic acids is 1. The molecule has 0 saturated heterocycles. The zero-order valence-electron chi connectivity index (χ0n) is 11.6. The Kier molecular flexibility index (Phi) is 4.01. The van der Waals surface area contributed by atoms with Crippen LogP contribution in [0.3, 0.4) is 0 Å². The summed E-state index contributed by atoms with van der Waals surface area (Å²) in [5, 5.41) is 12.2. The van der Waals surface area contributed by atoms with E-state index in [0.717, 1.165) is 17.8 Å². The highest BCUT2D eigenvalue weighted by molar-refractivity contribution is 7.15. The minimum Gasteiger partial charge on any atom is -0.391 e. The van der Waals surface area contributed by atoms with Crippen molar-refractivity contribution in [3.8, 4) is 0 Å². The molecular weight excluding hydrogens is 310 g/mol. The van der Waals surface area contributed by atoms with Crippen molar-refractivity contribution in [1.82, 2.24) is 14.3 Å². The van der Waals surface area contributed by atoms with Crippen molar-refractivity contribution < 1.29 is 9.90 Å². The molecule has 0 aliphatic heterocycles. The molecule has 1 fully saturated rings. The van der Waals surface area contributed by atoms with Crippen molar-refractivity contribution in [2.45, 2.75) is 18.9 Å². The topological polar surface area (TPSA) is 57.8 Å². The molecule has 21 heavy (non-hydrogen) atoms. The second-order valence-corrected chi connectivity index (χ2v) is 6.53. The monoisotopic (exact) mass is 325 g/mol. The number of aliphatic hydroxyl groups is 1. The molecule has 1 unspecified atom stereocenters. The molecule has 1 aliphatic carbocycles. The molecule has 2 aromatic rings. The third-order valence-electron chi connectivity index (χ3n) is 3.64. The number of amides is 1. The first kappa shape index (κ1) is 14.6. The lowest BCUT2D eigenvalue weighted by Gasteiger charge is -2.19. The van der Waals surface area contributed by atoms with E-state index >= 15 is 0 Å². The van der Waals surface area contributed by atoms with E-state index in [2.05, 4.69) is 4.98 Å². The molecule has 0 radical (unpaired) electrons. The number of fused-ring (bicyclic) bond motifs is 1. The molecule has 1 amide bonds. The van der Waals surface area contributed by atoms with Gasteiger partial charge in [-0.2, -0.15) is 0 Å². The second-order valence-electron chi connectivity index (χ2n) is 5.30. The van der Waals surface area contributed by atoms with Crippen LogP contribution in [-0.2, 0) is 4.79 Å². The Hall–Kier alpha value is -1.37. The lowest BCUT2D eigenvalue weighted by atomic mass is 10.2. The molecule has 2 aromatic heterocycles. The third kappa shape index (κ3) is 3.12. The van der Waals surface area contributed by atoms with Crippen LogP contribution in [0.4, 0.5) is 0 Å². The fourth-order valence-corrected chi connectivity index (χ4v) is 3.21. The number of halogens is 1. The second kappa shape index (κ2) is 5.79. The van der Waals surface area contributed by atoms with Crippen molar-refractivity contribution in [2.24, 2.45) is 5.92 Å². The highest BCUT2D eigenvalue weighted by Gasteiger charge is 2.30. The predicted octanol–water partition coefficient (Wildman–Crippen LogP) is 2.29. The highest BCUT2D eigenvalue weighted by atomic mass is 35.5. The first-order chi connectivity index (χ1) is 10.1. The van der Waals surface area contributed by atoms with E-state index in [4.69, 9.17) is 11.6 Å². The molecule has 0 bridgehead atoms. The average Bonchev–Trinajstić information content (AvgIpc) is 3.13. The Balaban J connectivity index is 1.68. The maximum Gasteiger partial charge on any atom is 0.246 e. The summed E-state index contributed by atoms with van der Waals surface area (Å²) in [7, 11) is 1.69. The van der Waals surface area contributed by atoms with Crippen LogP contribution in [0.2, 0.25) is 5.15 Å². The lowest BCUT2D eigenvalue weighted by Crippen LogP contribution is -2.34. The van der Waals surface area contributed by atoms with Gasteiger partial charge in [-0.3, -0.25) is 9.20 Å². The van der Waals surface area contributed by atoms with Crippen LogP contribution in [0, 0.1) is 5.92 Å². The lowest BCUT2D eigenvalue weighted by molar-refractivity contribution is -0.126. The summed E-state index contributed by atoms with van der Waals surface area (Å²) in [6.07, 6.45) is 6.68. The van der Waals surface area contributed by atoms with Gasteiger partial charge in [-0.05, 0) is 24.8 Å². The molecule has 1 N–H and O–H groups in total. The maximum absolute atomic E-state index is 12.1. The fraction of sp³-hybridized carbons (Fsp3) is 0.429. The smallest absolute Gasteiger partial charge is 0.246 e. The zero-order valence-corrected chi connectivity index (χ0v) is 13.1. The van der Waals surface area contributed by atoms with Gasteiger partial charge in [0, 0.05) is 31.2 Å². The van der Waals surface area contributed by atoms with Crippen molar-refractivity contribution in [1.29, 1.82) is 0 Å². The molecule has 5 nitrogen and oxygen atoms in total. The molecule has 7 heteroatoms. The Morgan fingerprint density at radius 1 is 1.71 bits per heavy atom. The molecule has 1 saturated carbocycles. The summed E-state index contributed by atoms with van der Waals surface area (Å²) in [6.45, 7) is 0.363. The Morgan fingerprint density at radius 2 is 2.48 bits per heavy atom. The van der Waals surface area contributed by atoms with Crippen molar-refractivity contribution in [2.75, 3.05) is 13.6 Å². The molecule has 3 rings (SSSR count). The van der Waals surface area contributed by atoms with Gasteiger partial charge in [-0.1, -0.05) is 11.6 Å². The number of likely N-dealkylation sites (N-methyl/N-ethyl adjacent to an activating group) is 1. The van der Waals surface area contributed by atoms with E-state index in [9.17, 15) is 9.90 Å². The van der Waals surface area contributed by atoms with Gasteiger partial charge in [0.1, 0.15) is 0 Å². The first-order valence-corrected chi connectivity index (χ1v) is 8.04. The van der Waals surface area contributed by atoms with Gasteiger partial charge in [-0.25, -0.2) is 4.98 Å². The largest absolute Gasteiger partial charge is 0.391 e. The number of thiazole rings is 1. The minimum atomic E-state index is -0.422. The third-order valence-corrected chi connectivity index (χ3v) is 4.68. The van der Waals surface area contributed by atoms with Crippen molar-refractivity contribution >= 4 is 39.9 Å². The Bertz CT molecular complexity index is 690. The van der Waals surface area contributed by atoms with Gasteiger partial charge in [0.25, 0.3) is 0 Å². The number of nitrogens with zero attached hydrogens (tertiary/aromatic N) is 3. The summed E-state index contributed by atoms with van der Waals surface area (Å²) < 4.78 is 1.84. The molecule has 1 atom stereocenters. The molecule has 0 aromatic carbocycles. The molecule has 1 aliphatic rings. The normalized spacial score (nSPS) is 16.7. The van der Waals surface area contributed by atoms with Crippen LogP contribution in [-0.4, -0.2) is 45.0 Å². The van der Waals surface area contributed by atoms with Crippen molar-refractivity contribution in [3.63, 3.8) is 0 Å². The van der Waals surface area contributed by atoms with Crippen LogP contribution in [0.5, 0.6) is 0 Å². The summed E-state index contributed by atoms with van der Waals surface area (Å²) in [6, 6.07) is 0. The highest BCUT2D eigenvalue weighted by Crippen LogP contribution is 2.32. The molecular formula is C14H16ClN3O2S. The van der Waals surface area contributed by atoms with E-state index in [-0.39, 0.29) is 5.91 Å². The number of aromatic nitrogens is 2. The van der Waals surface area contributed by atoms with Gasteiger partial charge in [0.15, 0.2) is 10.1 Å². The number of imidazole rings is 1. The number of carbonyl (C=O) groups is 1.